The standard InChI is InChI=1S/C26H23ClN2O2S/c1-17-3-6-19(7-4-17)16-28-23-12-5-18(2)15-22(23)26(25(28)31)29(13-14-32-26)24(30)20-8-10-21(27)11-9-20/h3-12,15H,13-14,16H2,1-2H3/t26-/m1/s1. The molecule has 2 aliphatic rings. The number of halogens is 1. The molecule has 1 spiro atoms. The lowest BCUT2D eigenvalue weighted by atomic mass is 10.0. The molecule has 4 nitrogen and oxygen atoms in total. The maximum Gasteiger partial charge on any atom is 0.268 e. The molecule has 2 amide bonds. The minimum Gasteiger partial charge on any atom is -0.311 e. The normalized spacial score (nSPS) is 19.7. The summed E-state index contributed by atoms with van der Waals surface area (Å²) in [7, 11) is 0. The van der Waals surface area contributed by atoms with Crippen molar-refractivity contribution in [3.63, 3.8) is 0 Å². The van der Waals surface area contributed by atoms with E-state index in [1.165, 1.54) is 5.56 Å². The van der Waals surface area contributed by atoms with Crippen LogP contribution in [0, 0.1) is 13.8 Å². The zero-order valence-electron chi connectivity index (χ0n) is 18.0. The van der Waals surface area contributed by atoms with E-state index in [2.05, 4.69) is 30.3 Å². The smallest absolute Gasteiger partial charge is 0.268 e. The van der Waals surface area contributed by atoms with Gasteiger partial charge >= 0.3 is 0 Å². The molecule has 162 valence electrons. The Hall–Kier alpha value is -2.76. The number of fused-ring (bicyclic) bond motifs is 2. The minimum atomic E-state index is -1.04. The maximum atomic E-state index is 14.1. The number of aryl methyl sites for hydroxylation is 2. The highest BCUT2D eigenvalue weighted by Gasteiger charge is 2.59. The topological polar surface area (TPSA) is 40.6 Å². The van der Waals surface area contributed by atoms with Gasteiger partial charge in [-0.15, -0.1) is 11.8 Å². The number of hydrogen-bond donors (Lipinski definition) is 0. The summed E-state index contributed by atoms with van der Waals surface area (Å²) in [5, 5.41) is 0.578. The third-order valence-electron chi connectivity index (χ3n) is 6.15. The second-order valence-electron chi connectivity index (χ2n) is 8.35. The molecule has 32 heavy (non-hydrogen) atoms. The van der Waals surface area contributed by atoms with Gasteiger partial charge in [-0.3, -0.25) is 9.59 Å². The molecule has 1 atom stereocenters. The van der Waals surface area contributed by atoms with Crippen LogP contribution in [0.25, 0.3) is 0 Å². The summed E-state index contributed by atoms with van der Waals surface area (Å²) in [6.07, 6.45) is 0. The van der Waals surface area contributed by atoms with Crippen molar-refractivity contribution in [3.8, 4) is 0 Å². The first-order chi connectivity index (χ1) is 15.4. The largest absolute Gasteiger partial charge is 0.311 e. The first kappa shape index (κ1) is 21.1. The van der Waals surface area contributed by atoms with Crippen LogP contribution < -0.4 is 4.90 Å². The Labute approximate surface area is 197 Å². The predicted octanol–water partition coefficient (Wildman–Crippen LogP) is 5.55. The molecule has 0 unspecified atom stereocenters. The third-order valence-corrected chi connectivity index (χ3v) is 7.82. The van der Waals surface area contributed by atoms with Crippen molar-refractivity contribution in [2.75, 3.05) is 17.2 Å². The molecule has 0 saturated carbocycles. The summed E-state index contributed by atoms with van der Waals surface area (Å²) in [6.45, 7) is 5.06. The van der Waals surface area contributed by atoms with Crippen molar-refractivity contribution in [1.82, 2.24) is 4.90 Å². The average Bonchev–Trinajstić information content (AvgIpc) is 3.32. The molecule has 0 aromatic heterocycles. The Balaban J connectivity index is 1.58. The fourth-order valence-electron chi connectivity index (χ4n) is 4.51. The Morgan fingerprint density at radius 3 is 2.41 bits per heavy atom. The van der Waals surface area contributed by atoms with E-state index in [0.717, 1.165) is 22.4 Å². The summed E-state index contributed by atoms with van der Waals surface area (Å²) >= 11 is 7.57. The van der Waals surface area contributed by atoms with Gasteiger partial charge in [-0.1, -0.05) is 59.1 Å². The Kier molecular flexibility index (Phi) is 5.26. The number of carbonyl (C=O) groups is 2. The van der Waals surface area contributed by atoms with E-state index in [1.54, 1.807) is 40.9 Å². The number of amides is 2. The van der Waals surface area contributed by atoms with Crippen LogP contribution in [0.5, 0.6) is 0 Å². The number of rotatable bonds is 3. The highest BCUT2D eigenvalue weighted by atomic mass is 35.5. The van der Waals surface area contributed by atoms with Crippen LogP contribution >= 0.6 is 23.4 Å². The van der Waals surface area contributed by atoms with Crippen molar-refractivity contribution >= 4 is 40.9 Å². The molecule has 3 aromatic carbocycles. The molecule has 3 aromatic rings. The van der Waals surface area contributed by atoms with Gasteiger partial charge in [0.25, 0.3) is 11.8 Å². The number of anilines is 1. The van der Waals surface area contributed by atoms with Gasteiger partial charge in [0.1, 0.15) is 0 Å². The molecule has 2 aliphatic heterocycles. The van der Waals surface area contributed by atoms with Crippen molar-refractivity contribution in [2.24, 2.45) is 0 Å². The van der Waals surface area contributed by atoms with Crippen LogP contribution in [0.3, 0.4) is 0 Å². The first-order valence-corrected chi connectivity index (χ1v) is 12.0. The average molecular weight is 463 g/mol. The first-order valence-electron chi connectivity index (χ1n) is 10.6. The molecular weight excluding hydrogens is 440 g/mol. The molecule has 6 heteroatoms. The predicted molar refractivity (Wildman–Crippen MR) is 130 cm³/mol. The lowest BCUT2D eigenvalue weighted by Gasteiger charge is -2.33. The Bertz CT molecular complexity index is 1210. The summed E-state index contributed by atoms with van der Waals surface area (Å²) < 4.78 is 0. The van der Waals surface area contributed by atoms with Gasteiger partial charge in [0.2, 0.25) is 0 Å². The Morgan fingerprint density at radius 2 is 1.69 bits per heavy atom. The number of nitrogens with zero attached hydrogens (tertiary/aromatic N) is 2. The summed E-state index contributed by atoms with van der Waals surface area (Å²) in [6, 6.07) is 21.2. The van der Waals surface area contributed by atoms with Crippen LogP contribution in [0.1, 0.15) is 32.6 Å². The molecule has 1 saturated heterocycles. The molecule has 2 heterocycles. The van der Waals surface area contributed by atoms with E-state index >= 15 is 0 Å². The molecular formula is C26H23ClN2O2S. The van der Waals surface area contributed by atoms with E-state index < -0.39 is 4.87 Å². The van der Waals surface area contributed by atoms with Gasteiger partial charge in [-0.2, -0.15) is 0 Å². The van der Waals surface area contributed by atoms with Crippen molar-refractivity contribution in [1.29, 1.82) is 0 Å². The van der Waals surface area contributed by atoms with E-state index in [9.17, 15) is 9.59 Å². The molecule has 0 radical (unpaired) electrons. The van der Waals surface area contributed by atoms with E-state index in [4.69, 9.17) is 11.6 Å². The molecule has 5 rings (SSSR count). The summed E-state index contributed by atoms with van der Waals surface area (Å²) in [5.41, 5.74) is 5.63. The number of hydrogen-bond acceptors (Lipinski definition) is 3. The quantitative estimate of drug-likeness (QED) is 0.512. The Morgan fingerprint density at radius 1 is 1.00 bits per heavy atom. The zero-order chi connectivity index (χ0) is 22.5. The second kappa shape index (κ2) is 7.98. The van der Waals surface area contributed by atoms with Gasteiger partial charge in [0, 0.05) is 28.4 Å². The van der Waals surface area contributed by atoms with Crippen LogP contribution in [0.15, 0.2) is 66.7 Å². The molecule has 0 aliphatic carbocycles. The molecule has 0 bridgehead atoms. The summed E-state index contributed by atoms with van der Waals surface area (Å²) in [5.74, 6) is 0.504. The fourth-order valence-corrected chi connectivity index (χ4v) is 6.09. The van der Waals surface area contributed by atoms with Gasteiger partial charge in [-0.05, 0) is 49.7 Å². The van der Waals surface area contributed by atoms with Gasteiger partial charge in [-0.25, -0.2) is 0 Å². The number of thioether (sulfide) groups is 1. The minimum absolute atomic E-state index is 0.0523. The third kappa shape index (κ3) is 3.31. The van der Waals surface area contributed by atoms with Crippen LogP contribution in [-0.4, -0.2) is 29.0 Å². The number of benzene rings is 3. The highest BCUT2D eigenvalue weighted by Crippen LogP contribution is 2.55. The molecule has 0 N–H and O–H groups in total. The maximum absolute atomic E-state index is 14.1. The van der Waals surface area contributed by atoms with E-state index in [-0.39, 0.29) is 11.8 Å². The van der Waals surface area contributed by atoms with Crippen LogP contribution in [-0.2, 0) is 16.2 Å². The van der Waals surface area contributed by atoms with E-state index in [0.29, 0.717) is 29.4 Å². The monoisotopic (exact) mass is 462 g/mol. The highest BCUT2D eigenvalue weighted by molar-refractivity contribution is 8.01. The second-order valence-corrected chi connectivity index (χ2v) is 10.1. The molecule has 1 fully saturated rings. The fraction of sp³-hybridized carbons (Fsp3) is 0.231. The van der Waals surface area contributed by atoms with Crippen molar-refractivity contribution < 1.29 is 9.59 Å². The SMILES string of the molecule is Cc1ccc(CN2C(=O)[C@]3(SCCN3C(=O)c3ccc(Cl)cc3)c3cc(C)ccc32)cc1. The van der Waals surface area contributed by atoms with Crippen LogP contribution in [0.2, 0.25) is 5.02 Å². The van der Waals surface area contributed by atoms with E-state index in [1.807, 2.05) is 30.9 Å². The summed E-state index contributed by atoms with van der Waals surface area (Å²) in [4.78, 5) is 30.2. The number of carbonyl (C=O) groups excluding carboxylic acids is 2. The van der Waals surface area contributed by atoms with Gasteiger partial charge in [0.05, 0.1) is 12.2 Å². The lowest BCUT2D eigenvalue weighted by Crippen LogP contribution is -2.50. The van der Waals surface area contributed by atoms with Crippen molar-refractivity contribution in [2.45, 2.75) is 25.3 Å². The van der Waals surface area contributed by atoms with Gasteiger partial charge < -0.3 is 9.80 Å². The van der Waals surface area contributed by atoms with Crippen molar-refractivity contribution in [3.05, 3.63) is 99.6 Å². The lowest BCUT2D eigenvalue weighted by molar-refractivity contribution is -0.123. The zero-order valence-corrected chi connectivity index (χ0v) is 19.5. The van der Waals surface area contributed by atoms with Gasteiger partial charge in [0.15, 0.2) is 4.87 Å². The van der Waals surface area contributed by atoms with Crippen LogP contribution in [0.4, 0.5) is 5.69 Å².